The highest BCUT2D eigenvalue weighted by atomic mass is 32.2. The lowest BCUT2D eigenvalue weighted by atomic mass is 9.95. The van der Waals surface area contributed by atoms with E-state index in [9.17, 15) is 13.2 Å². The number of hydrogen-bond donors (Lipinski definition) is 1. The molecule has 1 aromatic rings. The Morgan fingerprint density at radius 1 is 1.12 bits per heavy atom. The van der Waals surface area contributed by atoms with Crippen molar-refractivity contribution in [2.45, 2.75) is 37.5 Å². The van der Waals surface area contributed by atoms with E-state index in [0.29, 0.717) is 49.4 Å². The van der Waals surface area contributed by atoms with E-state index in [2.05, 4.69) is 5.32 Å². The second kappa shape index (κ2) is 7.29. The number of hydrogen-bond acceptors (Lipinski definition) is 4. The summed E-state index contributed by atoms with van der Waals surface area (Å²) in [5.41, 5.74) is 1.30. The second-order valence-electron chi connectivity index (χ2n) is 7.72. The van der Waals surface area contributed by atoms with Crippen LogP contribution in [0.4, 0.5) is 0 Å². The van der Waals surface area contributed by atoms with Crippen LogP contribution in [-0.2, 0) is 20.5 Å². The van der Waals surface area contributed by atoms with Crippen LogP contribution >= 0.6 is 0 Å². The molecule has 0 spiro atoms. The van der Waals surface area contributed by atoms with Crippen molar-refractivity contribution in [3.05, 3.63) is 35.4 Å². The molecule has 3 aliphatic rings. The predicted octanol–water partition coefficient (Wildman–Crippen LogP) is 1.77. The van der Waals surface area contributed by atoms with E-state index in [1.165, 1.54) is 23.6 Å². The minimum Gasteiger partial charge on any atom is -0.379 e. The van der Waals surface area contributed by atoms with E-state index in [1.54, 1.807) is 24.3 Å². The van der Waals surface area contributed by atoms with Crippen LogP contribution in [0.15, 0.2) is 24.3 Å². The Kier molecular flexibility index (Phi) is 5.03. The number of rotatable bonds is 5. The molecule has 1 aromatic carbocycles. The molecule has 142 valence electrons. The molecule has 0 aromatic heterocycles. The molecular formula is C19H26N2O4S. The summed E-state index contributed by atoms with van der Waals surface area (Å²) in [6.07, 6.45) is 4.90. The largest absolute Gasteiger partial charge is 0.379 e. The molecule has 26 heavy (non-hydrogen) atoms. The summed E-state index contributed by atoms with van der Waals surface area (Å²) in [5, 5.41) is 3.17. The lowest BCUT2D eigenvalue weighted by Gasteiger charge is -2.26. The maximum Gasteiger partial charge on any atom is 0.251 e. The molecule has 1 heterocycles. The molecule has 1 amide bonds. The Bertz CT molecular complexity index is 756. The second-order valence-corrected chi connectivity index (χ2v) is 9.69. The Morgan fingerprint density at radius 2 is 1.85 bits per heavy atom. The van der Waals surface area contributed by atoms with Crippen molar-refractivity contribution in [1.82, 2.24) is 9.62 Å². The number of carbonyl (C=O) groups excluding carboxylic acids is 1. The molecule has 1 saturated heterocycles. The molecule has 1 N–H and O–H groups in total. The van der Waals surface area contributed by atoms with Gasteiger partial charge in [0.25, 0.3) is 5.91 Å². The summed E-state index contributed by atoms with van der Waals surface area (Å²) in [6.45, 7) is 1.71. The molecule has 4 rings (SSSR count). The lowest BCUT2D eigenvalue weighted by molar-refractivity contribution is 0.0729. The molecule has 1 aliphatic heterocycles. The first-order valence-corrected chi connectivity index (χ1v) is 11.1. The van der Waals surface area contributed by atoms with Crippen molar-refractivity contribution < 1.29 is 17.9 Å². The van der Waals surface area contributed by atoms with Gasteiger partial charge in [-0.3, -0.25) is 4.79 Å². The van der Waals surface area contributed by atoms with Gasteiger partial charge in [0, 0.05) is 24.7 Å². The number of morpholine rings is 1. The average Bonchev–Trinajstić information content (AvgIpc) is 3.26. The fraction of sp³-hybridized carbons (Fsp3) is 0.632. The van der Waals surface area contributed by atoms with Crippen molar-refractivity contribution in [2.75, 3.05) is 26.3 Å². The monoisotopic (exact) mass is 378 g/mol. The van der Waals surface area contributed by atoms with Crippen molar-refractivity contribution in [1.29, 1.82) is 0 Å². The predicted molar refractivity (Wildman–Crippen MR) is 98.2 cm³/mol. The lowest BCUT2D eigenvalue weighted by Crippen LogP contribution is -2.41. The van der Waals surface area contributed by atoms with Gasteiger partial charge >= 0.3 is 0 Å². The van der Waals surface area contributed by atoms with Crippen LogP contribution in [0.25, 0.3) is 0 Å². The zero-order chi connectivity index (χ0) is 18.1. The first-order valence-electron chi connectivity index (χ1n) is 9.46. The van der Waals surface area contributed by atoms with E-state index >= 15 is 0 Å². The van der Waals surface area contributed by atoms with Crippen molar-refractivity contribution in [2.24, 2.45) is 11.8 Å². The summed E-state index contributed by atoms with van der Waals surface area (Å²) >= 11 is 0. The number of carbonyl (C=O) groups is 1. The normalized spacial score (nSPS) is 29.0. The summed E-state index contributed by atoms with van der Waals surface area (Å²) in [4.78, 5) is 12.5. The summed E-state index contributed by atoms with van der Waals surface area (Å²) in [7, 11) is -3.34. The highest BCUT2D eigenvalue weighted by molar-refractivity contribution is 7.88. The van der Waals surface area contributed by atoms with Crippen LogP contribution in [0.5, 0.6) is 0 Å². The van der Waals surface area contributed by atoms with Crippen LogP contribution in [0, 0.1) is 11.8 Å². The van der Waals surface area contributed by atoms with Gasteiger partial charge in [-0.15, -0.1) is 0 Å². The smallest absolute Gasteiger partial charge is 0.251 e. The van der Waals surface area contributed by atoms with Crippen LogP contribution in [0.2, 0.25) is 0 Å². The fourth-order valence-electron chi connectivity index (χ4n) is 4.55. The topological polar surface area (TPSA) is 75.7 Å². The van der Waals surface area contributed by atoms with Crippen molar-refractivity contribution in [3.63, 3.8) is 0 Å². The maximum atomic E-state index is 12.5. The van der Waals surface area contributed by atoms with E-state index in [-0.39, 0.29) is 11.7 Å². The zero-order valence-electron chi connectivity index (χ0n) is 14.9. The third-order valence-electron chi connectivity index (χ3n) is 5.98. The number of sulfonamides is 1. The third-order valence-corrected chi connectivity index (χ3v) is 7.83. The Balaban J connectivity index is 1.36. The quantitative estimate of drug-likeness (QED) is 0.847. The summed E-state index contributed by atoms with van der Waals surface area (Å²) in [5.74, 6) is 1.34. The molecule has 2 aliphatic carbocycles. The van der Waals surface area contributed by atoms with Crippen molar-refractivity contribution >= 4 is 15.9 Å². The first-order chi connectivity index (χ1) is 12.5. The van der Waals surface area contributed by atoms with E-state index in [1.807, 2.05) is 0 Å². The molecule has 2 bridgehead atoms. The zero-order valence-corrected chi connectivity index (χ0v) is 15.7. The molecular weight excluding hydrogens is 352 g/mol. The minimum atomic E-state index is -3.34. The van der Waals surface area contributed by atoms with Gasteiger partial charge in [-0.05, 0) is 48.8 Å². The van der Waals surface area contributed by atoms with Crippen LogP contribution in [0.1, 0.15) is 41.6 Å². The molecule has 3 fully saturated rings. The van der Waals surface area contributed by atoms with Crippen LogP contribution < -0.4 is 5.32 Å². The number of fused-ring (bicyclic) bond motifs is 2. The van der Waals surface area contributed by atoms with Crippen LogP contribution in [-0.4, -0.2) is 51.0 Å². The molecule has 7 heteroatoms. The number of amides is 1. The van der Waals surface area contributed by atoms with E-state index < -0.39 is 10.0 Å². The van der Waals surface area contributed by atoms with Crippen LogP contribution in [0.3, 0.4) is 0 Å². The van der Waals surface area contributed by atoms with Gasteiger partial charge in [-0.2, -0.15) is 4.31 Å². The standard InChI is InChI=1S/C19H26N2O4S/c22-19(20-18-12-15-3-6-17(18)11-15)16-4-1-14(2-5-16)13-26(23,24)21-7-9-25-10-8-21/h1-2,4-5,15,17-18H,3,6-13H2,(H,20,22)/t15-,17-,18-/m1/s1. The SMILES string of the molecule is O=C(N[C@@H]1C[C@@H]2CC[C@@H]1C2)c1ccc(CS(=O)(=O)N2CCOCC2)cc1. The maximum absolute atomic E-state index is 12.5. The Labute approximate surface area is 155 Å². The minimum absolute atomic E-state index is 0.0404. The van der Waals surface area contributed by atoms with Gasteiger partial charge in [0.15, 0.2) is 0 Å². The summed E-state index contributed by atoms with van der Waals surface area (Å²) < 4.78 is 31.6. The number of nitrogens with one attached hydrogen (secondary N) is 1. The number of benzene rings is 1. The molecule has 3 atom stereocenters. The van der Waals surface area contributed by atoms with Gasteiger partial charge in [-0.25, -0.2) is 8.42 Å². The Hall–Kier alpha value is -1.44. The summed E-state index contributed by atoms with van der Waals surface area (Å²) in [6, 6.07) is 7.25. The van der Waals surface area contributed by atoms with E-state index in [0.717, 1.165) is 12.3 Å². The van der Waals surface area contributed by atoms with Gasteiger partial charge in [0.05, 0.1) is 19.0 Å². The van der Waals surface area contributed by atoms with E-state index in [4.69, 9.17) is 4.74 Å². The Morgan fingerprint density at radius 3 is 2.46 bits per heavy atom. The molecule has 0 unspecified atom stereocenters. The first kappa shape index (κ1) is 17.9. The fourth-order valence-corrected chi connectivity index (χ4v) is 6.05. The average molecular weight is 378 g/mol. The number of nitrogens with zero attached hydrogens (tertiary/aromatic N) is 1. The third kappa shape index (κ3) is 3.80. The van der Waals surface area contributed by atoms with Gasteiger partial charge in [-0.1, -0.05) is 18.6 Å². The molecule has 0 radical (unpaired) electrons. The van der Waals surface area contributed by atoms with Gasteiger partial charge < -0.3 is 10.1 Å². The van der Waals surface area contributed by atoms with Gasteiger partial charge in [0.1, 0.15) is 0 Å². The molecule has 2 saturated carbocycles. The highest BCUT2D eigenvalue weighted by Crippen LogP contribution is 2.44. The molecule has 6 nitrogen and oxygen atoms in total. The van der Waals surface area contributed by atoms with Gasteiger partial charge in [0.2, 0.25) is 10.0 Å². The highest BCUT2D eigenvalue weighted by Gasteiger charge is 2.40. The number of ether oxygens (including phenoxy) is 1. The van der Waals surface area contributed by atoms with Crippen molar-refractivity contribution in [3.8, 4) is 0 Å².